The molecular formula is C23H18N2O4. The maximum Gasteiger partial charge on any atom is 0.364 e. The van der Waals surface area contributed by atoms with Gasteiger partial charge in [-0.25, -0.2) is 9.48 Å². The number of esters is 1. The monoisotopic (exact) mass is 386 g/mol. The first kappa shape index (κ1) is 18.4. The Morgan fingerprint density at radius 3 is 2.17 bits per heavy atom. The van der Waals surface area contributed by atoms with Crippen LogP contribution in [0.3, 0.4) is 0 Å². The Labute approximate surface area is 166 Å². The quantitative estimate of drug-likeness (QED) is 0.387. The molecule has 0 fully saturated rings. The van der Waals surface area contributed by atoms with Gasteiger partial charge in [0.05, 0.1) is 19.0 Å². The van der Waals surface area contributed by atoms with E-state index < -0.39 is 5.97 Å². The molecule has 0 aliphatic carbocycles. The molecule has 0 amide bonds. The highest BCUT2D eigenvalue weighted by Crippen LogP contribution is 2.20. The normalized spacial score (nSPS) is 10.7. The summed E-state index contributed by atoms with van der Waals surface area (Å²) in [5, 5.41) is 5.21. The summed E-state index contributed by atoms with van der Waals surface area (Å²) in [6.45, 7) is 0.257. The van der Waals surface area contributed by atoms with Gasteiger partial charge >= 0.3 is 5.97 Å². The van der Waals surface area contributed by atoms with Gasteiger partial charge < -0.3 is 9.47 Å². The second-order valence-electron chi connectivity index (χ2n) is 6.41. The summed E-state index contributed by atoms with van der Waals surface area (Å²) in [7, 11) is 1.56. The molecule has 6 nitrogen and oxygen atoms in total. The predicted octanol–water partition coefficient (Wildman–Crippen LogP) is 3.67. The van der Waals surface area contributed by atoms with Crippen LogP contribution in [0.2, 0.25) is 0 Å². The summed E-state index contributed by atoms with van der Waals surface area (Å²) in [6, 6.07) is 23.1. The SMILES string of the molecule is COc1ccc(OC(=O)c2nn(Cc3ccccc3)c(=O)c3ccccc23)cc1. The number of methoxy groups -OCH3 is 1. The average molecular weight is 386 g/mol. The molecule has 0 saturated heterocycles. The fourth-order valence-electron chi connectivity index (χ4n) is 3.05. The van der Waals surface area contributed by atoms with Crippen molar-refractivity contribution in [1.29, 1.82) is 0 Å². The van der Waals surface area contributed by atoms with E-state index in [2.05, 4.69) is 5.10 Å². The van der Waals surface area contributed by atoms with Gasteiger partial charge in [-0.15, -0.1) is 0 Å². The third-order valence-corrected chi connectivity index (χ3v) is 4.51. The minimum atomic E-state index is -0.631. The van der Waals surface area contributed by atoms with Crippen LogP contribution >= 0.6 is 0 Å². The third-order valence-electron chi connectivity index (χ3n) is 4.51. The number of fused-ring (bicyclic) bond motifs is 1. The topological polar surface area (TPSA) is 70.4 Å². The molecule has 3 aromatic carbocycles. The first-order chi connectivity index (χ1) is 14.2. The summed E-state index contributed by atoms with van der Waals surface area (Å²) in [5.41, 5.74) is 0.740. The fourth-order valence-corrected chi connectivity index (χ4v) is 3.05. The Hall–Kier alpha value is -3.93. The Kier molecular flexibility index (Phi) is 5.07. The van der Waals surface area contributed by atoms with Crippen LogP contribution in [0, 0.1) is 0 Å². The zero-order valence-electron chi connectivity index (χ0n) is 15.7. The number of hydrogen-bond acceptors (Lipinski definition) is 5. The number of carbonyl (C=O) groups excluding carboxylic acids is 1. The van der Waals surface area contributed by atoms with E-state index in [1.165, 1.54) is 4.68 Å². The number of hydrogen-bond donors (Lipinski definition) is 0. The molecule has 6 heteroatoms. The molecular weight excluding hydrogens is 368 g/mol. The van der Waals surface area contributed by atoms with Gasteiger partial charge in [-0.3, -0.25) is 4.79 Å². The van der Waals surface area contributed by atoms with Crippen molar-refractivity contribution in [3.8, 4) is 11.5 Å². The summed E-state index contributed by atoms with van der Waals surface area (Å²) in [5.74, 6) is 0.389. The highest BCUT2D eigenvalue weighted by molar-refractivity contribution is 6.02. The highest BCUT2D eigenvalue weighted by Gasteiger charge is 2.19. The number of carbonyl (C=O) groups is 1. The van der Waals surface area contributed by atoms with Crippen molar-refractivity contribution in [3.63, 3.8) is 0 Å². The van der Waals surface area contributed by atoms with Crippen LogP contribution in [0.4, 0.5) is 0 Å². The Morgan fingerprint density at radius 2 is 1.48 bits per heavy atom. The smallest absolute Gasteiger partial charge is 0.364 e. The molecule has 0 saturated carbocycles. The first-order valence-electron chi connectivity index (χ1n) is 9.06. The van der Waals surface area contributed by atoms with Crippen molar-refractivity contribution in [1.82, 2.24) is 9.78 Å². The molecule has 0 aliphatic rings. The zero-order valence-corrected chi connectivity index (χ0v) is 15.7. The van der Waals surface area contributed by atoms with Gasteiger partial charge in [0.25, 0.3) is 5.56 Å². The summed E-state index contributed by atoms with van der Waals surface area (Å²) in [4.78, 5) is 25.7. The van der Waals surface area contributed by atoms with E-state index >= 15 is 0 Å². The molecule has 0 N–H and O–H groups in total. The van der Waals surface area contributed by atoms with Crippen molar-refractivity contribution in [3.05, 3.63) is 100 Å². The molecule has 1 aromatic heterocycles. The van der Waals surface area contributed by atoms with Crippen LogP contribution < -0.4 is 15.0 Å². The number of rotatable bonds is 5. The van der Waals surface area contributed by atoms with Crippen LogP contribution in [0.25, 0.3) is 10.8 Å². The van der Waals surface area contributed by atoms with Crippen molar-refractivity contribution in [2.75, 3.05) is 7.11 Å². The predicted molar refractivity (Wildman–Crippen MR) is 109 cm³/mol. The number of aromatic nitrogens is 2. The molecule has 144 valence electrons. The molecule has 0 aliphatic heterocycles. The molecule has 0 spiro atoms. The van der Waals surface area contributed by atoms with Crippen LogP contribution in [0.1, 0.15) is 16.1 Å². The minimum Gasteiger partial charge on any atom is -0.497 e. The van der Waals surface area contributed by atoms with Gasteiger partial charge in [-0.1, -0.05) is 48.5 Å². The Balaban J connectivity index is 1.74. The van der Waals surface area contributed by atoms with E-state index in [0.717, 1.165) is 5.56 Å². The summed E-state index contributed by atoms with van der Waals surface area (Å²) in [6.07, 6.45) is 0. The fraction of sp³-hybridized carbons (Fsp3) is 0.0870. The van der Waals surface area contributed by atoms with Gasteiger partial charge in [0, 0.05) is 5.39 Å². The molecule has 0 unspecified atom stereocenters. The maximum atomic E-state index is 12.9. The standard InChI is InChI=1S/C23H18N2O4/c1-28-17-11-13-18(14-12-17)29-23(27)21-19-9-5-6-10-20(19)22(26)25(24-21)15-16-7-3-2-4-8-16/h2-14H,15H2,1H3. The lowest BCUT2D eigenvalue weighted by Crippen LogP contribution is -2.27. The van der Waals surface area contributed by atoms with E-state index in [9.17, 15) is 9.59 Å². The van der Waals surface area contributed by atoms with Crippen molar-refractivity contribution < 1.29 is 14.3 Å². The molecule has 4 rings (SSSR count). The lowest BCUT2D eigenvalue weighted by molar-refractivity contribution is 0.0728. The molecule has 0 radical (unpaired) electrons. The first-order valence-corrected chi connectivity index (χ1v) is 9.06. The largest absolute Gasteiger partial charge is 0.497 e. The van der Waals surface area contributed by atoms with Gasteiger partial charge in [-0.05, 0) is 35.9 Å². The number of nitrogens with zero attached hydrogens (tertiary/aromatic N) is 2. The molecule has 0 atom stereocenters. The van der Waals surface area contributed by atoms with Gasteiger partial charge in [0.2, 0.25) is 0 Å². The molecule has 29 heavy (non-hydrogen) atoms. The highest BCUT2D eigenvalue weighted by atomic mass is 16.5. The summed E-state index contributed by atoms with van der Waals surface area (Å²) < 4.78 is 11.9. The van der Waals surface area contributed by atoms with Crippen LogP contribution in [0.5, 0.6) is 11.5 Å². The van der Waals surface area contributed by atoms with Crippen molar-refractivity contribution in [2.45, 2.75) is 6.54 Å². The summed E-state index contributed by atoms with van der Waals surface area (Å²) >= 11 is 0. The maximum absolute atomic E-state index is 12.9. The van der Waals surface area contributed by atoms with E-state index in [0.29, 0.717) is 22.3 Å². The Bertz CT molecular complexity index is 1220. The third kappa shape index (κ3) is 3.87. The number of ether oxygens (including phenoxy) is 2. The minimum absolute atomic E-state index is 0.0898. The lowest BCUT2D eigenvalue weighted by atomic mass is 10.1. The van der Waals surface area contributed by atoms with E-state index in [1.54, 1.807) is 55.6 Å². The Morgan fingerprint density at radius 1 is 0.862 bits per heavy atom. The second kappa shape index (κ2) is 7.98. The average Bonchev–Trinajstić information content (AvgIpc) is 2.77. The van der Waals surface area contributed by atoms with E-state index in [4.69, 9.17) is 9.47 Å². The lowest BCUT2D eigenvalue weighted by Gasteiger charge is -2.11. The molecule has 1 heterocycles. The van der Waals surface area contributed by atoms with Gasteiger partial charge in [0.1, 0.15) is 11.5 Å². The van der Waals surface area contributed by atoms with Crippen LogP contribution in [-0.4, -0.2) is 22.9 Å². The van der Waals surface area contributed by atoms with Gasteiger partial charge in [-0.2, -0.15) is 5.10 Å². The van der Waals surface area contributed by atoms with E-state index in [-0.39, 0.29) is 17.8 Å². The van der Waals surface area contributed by atoms with Crippen molar-refractivity contribution >= 4 is 16.7 Å². The van der Waals surface area contributed by atoms with Crippen LogP contribution in [-0.2, 0) is 6.54 Å². The molecule has 4 aromatic rings. The van der Waals surface area contributed by atoms with E-state index in [1.807, 2.05) is 30.3 Å². The number of benzene rings is 3. The van der Waals surface area contributed by atoms with Gasteiger partial charge in [0.15, 0.2) is 5.69 Å². The van der Waals surface area contributed by atoms with Crippen LogP contribution in [0.15, 0.2) is 83.7 Å². The second-order valence-corrected chi connectivity index (χ2v) is 6.41. The molecule has 0 bridgehead atoms. The zero-order chi connectivity index (χ0) is 20.2. The van der Waals surface area contributed by atoms with Crippen molar-refractivity contribution in [2.24, 2.45) is 0 Å².